The Hall–Kier alpha value is -0.0800. The van der Waals surface area contributed by atoms with E-state index in [9.17, 15) is 0 Å². The lowest BCUT2D eigenvalue weighted by atomic mass is 9.95. The van der Waals surface area contributed by atoms with E-state index in [0.29, 0.717) is 13.2 Å². The summed E-state index contributed by atoms with van der Waals surface area (Å²) < 4.78 is 5.31. The molecule has 2 heteroatoms. The number of rotatable bonds is 6. The van der Waals surface area contributed by atoms with Crippen molar-refractivity contribution in [3.05, 3.63) is 25.3 Å². The van der Waals surface area contributed by atoms with Crippen molar-refractivity contribution in [1.82, 2.24) is 0 Å². The molecule has 0 saturated heterocycles. The van der Waals surface area contributed by atoms with E-state index in [1.165, 1.54) is 0 Å². The Morgan fingerprint density at radius 2 is 2.18 bits per heavy atom. The van der Waals surface area contributed by atoms with Crippen LogP contribution in [-0.4, -0.2) is 18.5 Å². The molecule has 0 N–H and O–H groups in total. The smallest absolute Gasteiger partial charge is 0.0645 e. The fourth-order valence-corrected chi connectivity index (χ4v) is 0.918. The third-order valence-electron chi connectivity index (χ3n) is 1.47. The van der Waals surface area contributed by atoms with Crippen LogP contribution in [0, 0.1) is 5.41 Å². The van der Waals surface area contributed by atoms with E-state index < -0.39 is 0 Å². The minimum atomic E-state index is 0.0447. The van der Waals surface area contributed by atoms with Gasteiger partial charge in [-0.05, 0) is 0 Å². The Morgan fingerprint density at radius 3 is 2.55 bits per heavy atom. The van der Waals surface area contributed by atoms with Crippen LogP contribution in [0.3, 0.4) is 0 Å². The van der Waals surface area contributed by atoms with Gasteiger partial charge in [0.2, 0.25) is 0 Å². The minimum absolute atomic E-state index is 0.0447. The Labute approximate surface area is 77.3 Å². The van der Waals surface area contributed by atoms with Gasteiger partial charge >= 0.3 is 0 Å². The molecule has 0 aromatic carbocycles. The molecule has 0 aliphatic heterocycles. The van der Waals surface area contributed by atoms with Gasteiger partial charge in [-0.3, -0.25) is 0 Å². The van der Waals surface area contributed by atoms with Crippen LogP contribution >= 0.6 is 15.9 Å². The maximum absolute atomic E-state index is 5.31. The fraction of sp³-hybridized carbons (Fsp3) is 0.556. The number of hydrogen-bond donors (Lipinski definition) is 0. The molecule has 0 radical (unpaired) electrons. The average molecular weight is 219 g/mol. The van der Waals surface area contributed by atoms with Crippen molar-refractivity contribution in [2.24, 2.45) is 5.41 Å². The molecule has 11 heavy (non-hydrogen) atoms. The van der Waals surface area contributed by atoms with E-state index in [2.05, 4.69) is 36.0 Å². The van der Waals surface area contributed by atoms with Gasteiger partial charge in [-0.25, -0.2) is 0 Å². The Bertz CT molecular complexity index is 134. The van der Waals surface area contributed by atoms with Gasteiger partial charge in [0.15, 0.2) is 0 Å². The van der Waals surface area contributed by atoms with Gasteiger partial charge in [-0.1, -0.05) is 35.0 Å². The zero-order valence-electron chi connectivity index (χ0n) is 6.98. The largest absolute Gasteiger partial charge is 0.376 e. The maximum atomic E-state index is 5.31. The molecule has 0 rings (SSSR count). The number of hydrogen-bond acceptors (Lipinski definition) is 1. The van der Waals surface area contributed by atoms with Crippen molar-refractivity contribution in [3.8, 4) is 0 Å². The summed E-state index contributed by atoms with van der Waals surface area (Å²) >= 11 is 3.41. The van der Waals surface area contributed by atoms with Crippen LogP contribution in [0.1, 0.15) is 6.92 Å². The molecular weight excluding hydrogens is 204 g/mol. The van der Waals surface area contributed by atoms with Crippen LogP contribution in [0.15, 0.2) is 25.3 Å². The molecule has 1 unspecified atom stereocenters. The zero-order valence-corrected chi connectivity index (χ0v) is 8.56. The van der Waals surface area contributed by atoms with Gasteiger partial charge in [0.1, 0.15) is 0 Å². The summed E-state index contributed by atoms with van der Waals surface area (Å²) in [5.74, 6) is 0. The molecule has 64 valence electrons. The normalized spacial score (nSPS) is 15.5. The molecular formula is C9H15BrO. The highest BCUT2D eigenvalue weighted by atomic mass is 79.9. The van der Waals surface area contributed by atoms with Crippen LogP contribution in [0.5, 0.6) is 0 Å². The van der Waals surface area contributed by atoms with Gasteiger partial charge < -0.3 is 4.74 Å². The average Bonchev–Trinajstić information content (AvgIpc) is 2.05. The van der Waals surface area contributed by atoms with Crippen molar-refractivity contribution in [3.63, 3.8) is 0 Å². The zero-order chi connectivity index (χ0) is 8.74. The van der Waals surface area contributed by atoms with Crippen LogP contribution in [-0.2, 0) is 4.74 Å². The van der Waals surface area contributed by atoms with Crippen molar-refractivity contribution in [2.75, 3.05) is 18.5 Å². The molecule has 0 bridgehead atoms. The van der Waals surface area contributed by atoms with E-state index in [0.717, 1.165) is 5.33 Å². The third kappa shape index (κ3) is 4.38. The van der Waals surface area contributed by atoms with Gasteiger partial charge in [-0.2, -0.15) is 0 Å². The van der Waals surface area contributed by atoms with Gasteiger partial charge in [0, 0.05) is 10.7 Å². The summed E-state index contributed by atoms with van der Waals surface area (Å²) in [6.45, 7) is 10.7. The van der Waals surface area contributed by atoms with Crippen molar-refractivity contribution in [1.29, 1.82) is 0 Å². The summed E-state index contributed by atoms with van der Waals surface area (Å²) in [5, 5.41) is 0.876. The first-order chi connectivity index (χ1) is 5.18. The molecule has 0 spiro atoms. The van der Waals surface area contributed by atoms with Crippen molar-refractivity contribution in [2.45, 2.75) is 6.92 Å². The standard InChI is InChI=1S/C9H15BrO/c1-4-6-11-8-9(3,5-2)7-10/h4-5H,1-2,6-8H2,3H3. The van der Waals surface area contributed by atoms with E-state index in [1.54, 1.807) is 6.08 Å². The highest BCUT2D eigenvalue weighted by molar-refractivity contribution is 9.09. The Kier molecular flexibility index (Phi) is 5.51. The molecule has 0 aromatic heterocycles. The molecule has 0 fully saturated rings. The number of alkyl halides is 1. The second-order valence-corrected chi connectivity index (χ2v) is 3.36. The van der Waals surface area contributed by atoms with Gasteiger partial charge in [-0.15, -0.1) is 13.2 Å². The van der Waals surface area contributed by atoms with Crippen molar-refractivity contribution < 1.29 is 4.74 Å². The number of ether oxygens (including phenoxy) is 1. The number of halogens is 1. The molecule has 0 heterocycles. The third-order valence-corrected chi connectivity index (χ3v) is 2.75. The van der Waals surface area contributed by atoms with Crippen LogP contribution < -0.4 is 0 Å². The Morgan fingerprint density at radius 1 is 1.55 bits per heavy atom. The molecule has 0 amide bonds. The summed E-state index contributed by atoms with van der Waals surface area (Å²) in [6, 6.07) is 0. The second-order valence-electron chi connectivity index (χ2n) is 2.80. The summed E-state index contributed by atoms with van der Waals surface area (Å²) in [6.07, 6.45) is 3.66. The monoisotopic (exact) mass is 218 g/mol. The molecule has 1 atom stereocenters. The molecule has 0 aromatic rings. The first kappa shape index (κ1) is 10.9. The lowest BCUT2D eigenvalue weighted by Gasteiger charge is -2.21. The van der Waals surface area contributed by atoms with Crippen LogP contribution in [0.4, 0.5) is 0 Å². The quantitative estimate of drug-likeness (QED) is 0.379. The summed E-state index contributed by atoms with van der Waals surface area (Å²) in [5.41, 5.74) is 0.0447. The predicted octanol–water partition coefficient (Wildman–Crippen LogP) is 2.78. The molecule has 0 aliphatic rings. The lowest BCUT2D eigenvalue weighted by molar-refractivity contribution is 0.108. The summed E-state index contributed by atoms with van der Waals surface area (Å²) in [4.78, 5) is 0. The lowest BCUT2D eigenvalue weighted by Crippen LogP contribution is -2.22. The van der Waals surface area contributed by atoms with Crippen LogP contribution in [0.2, 0.25) is 0 Å². The van der Waals surface area contributed by atoms with E-state index in [-0.39, 0.29) is 5.41 Å². The topological polar surface area (TPSA) is 9.23 Å². The van der Waals surface area contributed by atoms with E-state index in [1.807, 2.05) is 6.08 Å². The maximum Gasteiger partial charge on any atom is 0.0645 e. The summed E-state index contributed by atoms with van der Waals surface area (Å²) in [7, 11) is 0. The Balaban J connectivity index is 3.68. The minimum Gasteiger partial charge on any atom is -0.376 e. The van der Waals surface area contributed by atoms with E-state index >= 15 is 0 Å². The molecule has 0 saturated carbocycles. The molecule has 0 aliphatic carbocycles. The predicted molar refractivity (Wildman–Crippen MR) is 53.1 cm³/mol. The first-order valence-corrected chi connectivity index (χ1v) is 4.69. The van der Waals surface area contributed by atoms with Crippen LogP contribution in [0.25, 0.3) is 0 Å². The fourth-order valence-electron chi connectivity index (χ4n) is 0.527. The highest BCUT2D eigenvalue weighted by Gasteiger charge is 2.17. The van der Waals surface area contributed by atoms with Gasteiger partial charge in [0.05, 0.1) is 13.2 Å². The molecule has 1 nitrogen and oxygen atoms in total. The van der Waals surface area contributed by atoms with Gasteiger partial charge in [0.25, 0.3) is 0 Å². The second kappa shape index (κ2) is 5.56. The van der Waals surface area contributed by atoms with E-state index in [4.69, 9.17) is 4.74 Å². The SMILES string of the molecule is C=CCOCC(C)(C=C)CBr. The van der Waals surface area contributed by atoms with Crippen molar-refractivity contribution >= 4 is 15.9 Å². The highest BCUT2D eigenvalue weighted by Crippen LogP contribution is 2.20. The first-order valence-electron chi connectivity index (χ1n) is 3.57.